The minimum atomic E-state index is -3.29. The zero-order chi connectivity index (χ0) is 14.3. The molecule has 114 valence electrons. The number of rotatable bonds is 7. The predicted octanol–water partition coefficient (Wildman–Crippen LogP) is 2.69. The maximum absolute atomic E-state index is 12.4. The lowest BCUT2D eigenvalue weighted by atomic mass is 9.96. The second kappa shape index (κ2) is 8.45. The van der Waals surface area contributed by atoms with Crippen molar-refractivity contribution in [2.75, 3.05) is 32.6 Å². The van der Waals surface area contributed by atoms with E-state index in [1.165, 1.54) is 17.1 Å². The first-order valence-electron chi connectivity index (χ1n) is 7.29. The summed E-state index contributed by atoms with van der Waals surface area (Å²) in [6.07, 6.45) is 6.24. The standard InChI is InChI=1S/C13H27ClN2O2S/c1-3-6-13-7-4-11-16(12-8-13)19(17,18)15(2)10-5-9-14/h13H,3-12H2,1-2H3. The normalized spacial score (nSPS) is 22.6. The first-order chi connectivity index (χ1) is 9.02. The third kappa shape index (κ3) is 5.21. The summed E-state index contributed by atoms with van der Waals surface area (Å²) in [5, 5.41) is 0. The lowest BCUT2D eigenvalue weighted by Gasteiger charge is -2.26. The SMILES string of the molecule is CCCC1CCCN(S(=O)(=O)N(C)CCCCl)CC1. The summed E-state index contributed by atoms with van der Waals surface area (Å²) in [4.78, 5) is 0. The fraction of sp³-hybridized carbons (Fsp3) is 1.00. The highest BCUT2D eigenvalue weighted by atomic mass is 35.5. The second-order valence-electron chi connectivity index (χ2n) is 5.36. The summed E-state index contributed by atoms with van der Waals surface area (Å²) in [6.45, 7) is 4.02. The summed E-state index contributed by atoms with van der Waals surface area (Å²) in [5.74, 6) is 1.19. The van der Waals surface area contributed by atoms with Crippen LogP contribution in [0, 0.1) is 5.92 Å². The highest BCUT2D eigenvalue weighted by molar-refractivity contribution is 7.86. The van der Waals surface area contributed by atoms with E-state index in [2.05, 4.69) is 6.92 Å². The molecule has 1 heterocycles. The molecule has 4 nitrogen and oxygen atoms in total. The Hall–Kier alpha value is 0.160. The van der Waals surface area contributed by atoms with Crippen LogP contribution in [0.25, 0.3) is 0 Å². The largest absolute Gasteiger partial charge is 0.281 e. The first-order valence-corrected chi connectivity index (χ1v) is 9.22. The Kier molecular flexibility index (Phi) is 7.65. The van der Waals surface area contributed by atoms with Gasteiger partial charge in [0.1, 0.15) is 0 Å². The topological polar surface area (TPSA) is 40.6 Å². The second-order valence-corrected chi connectivity index (χ2v) is 7.77. The molecule has 1 aliphatic heterocycles. The van der Waals surface area contributed by atoms with Crippen LogP contribution in [0.15, 0.2) is 0 Å². The van der Waals surface area contributed by atoms with Crippen molar-refractivity contribution in [2.45, 2.75) is 45.4 Å². The maximum atomic E-state index is 12.4. The molecule has 1 saturated heterocycles. The van der Waals surface area contributed by atoms with Crippen molar-refractivity contribution in [1.29, 1.82) is 0 Å². The quantitative estimate of drug-likeness (QED) is 0.678. The average Bonchev–Trinajstić information content (AvgIpc) is 2.62. The van der Waals surface area contributed by atoms with E-state index in [1.807, 2.05) is 0 Å². The van der Waals surface area contributed by atoms with Crippen LogP contribution in [0.1, 0.15) is 45.4 Å². The van der Waals surface area contributed by atoms with Crippen molar-refractivity contribution in [3.63, 3.8) is 0 Å². The van der Waals surface area contributed by atoms with Crippen LogP contribution in [0.4, 0.5) is 0 Å². The fourth-order valence-electron chi connectivity index (χ4n) is 2.66. The Morgan fingerprint density at radius 2 is 2.05 bits per heavy atom. The highest BCUT2D eigenvalue weighted by Crippen LogP contribution is 2.24. The molecule has 19 heavy (non-hydrogen) atoms. The Balaban J connectivity index is 2.58. The summed E-state index contributed by atoms with van der Waals surface area (Å²) >= 11 is 5.63. The van der Waals surface area contributed by atoms with Gasteiger partial charge in [-0.2, -0.15) is 17.0 Å². The van der Waals surface area contributed by atoms with Crippen LogP contribution in [0.2, 0.25) is 0 Å². The number of alkyl halides is 1. The molecular weight excluding hydrogens is 284 g/mol. The molecule has 0 bridgehead atoms. The van der Waals surface area contributed by atoms with Gasteiger partial charge in [0.25, 0.3) is 10.2 Å². The van der Waals surface area contributed by atoms with Crippen LogP contribution in [-0.4, -0.2) is 49.6 Å². The minimum Gasteiger partial charge on any atom is -0.195 e. The molecular formula is C13H27ClN2O2S. The van der Waals surface area contributed by atoms with E-state index in [-0.39, 0.29) is 0 Å². The molecule has 0 spiro atoms. The predicted molar refractivity (Wildman–Crippen MR) is 80.7 cm³/mol. The van der Waals surface area contributed by atoms with E-state index in [4.69, 9.17) is 11.6 Å². The van der Waals surface area contributed by atoms with Crippen LogP contribution in [0.5, 0.6) is 0 Å². The summed E-state index contributed by atoms with van der Waals surface area (Å²) in [5.41, 5.74) is 0. The highest BCUT2D eigenvalue weighted by Gasteiger charge is 2.28. The van der Waals surface area contributed by atoms with Crippen LogP contribution in [-0.2, 0) is 10.2 Å². The van der Waals surface area contributed by atoms with Gasteiger partial charge in [-0.1, -0.05) is 19.8 Å². The third-order valence-electron chi connectivity index (χ3n) is 3.83. The van der Waals surface area contributed by atoms with E-state index in [1.54, 1.807) is 11.4 Å². The molecule has 1 fully saturated rings. The molecule has 0 aromatic rings. The van der Waals surface area contributed by atoms with Crippen molar-refractivity contribution in [1.82, 2.24) is 8.61 Å². The van der Waals surface area contributed by atoms with Gasteiger partial charge in [-0.3, -0.25) is 0 Å². The minimum absolute atomic E-state index is 0.498. The molecule has 0 radical (unpaired) electrons. The molecule has 1 atom stereocenters. The number of nitrogens with zero attached hydrogens (tertiary/aromatic N) is 2. The van der Waals surface area contributed by atoms with Crippen LogP contribution >= 0.6 is 11.6 Å². The first kappa shape index (κ1) is 17.2. The van der Waals surface area contributed by atoms with Gasteiger partial charge in [-0.15, -0.1) is 11.6 Å². The van der Waals surface area contributed by atoms with Gasteiger partial charge < -0.3 is 0 Å². The Bertz CT molecular complexity index is 349. The van der Waals surface area contributed by atoms with Crippen molar-refractivity contribution >= 4 is 21.8 Å². The molecule has 0 aromatic heterocycles. The zero-order valence-electron chi connectivity index (χ0n) is 12.1. The van der Waals surface area contributed by atoms with Gasteiger partial charge in [-0.05, 0) is 31.6 Å². The van der Waals surface area contributed by atoms with Crippen molar-refractivity contribution in [3.05, 3.63) is 0 Å². The van der Waals surface area contributed by atoms with E-state index in [0.29, 0.717) is 37.9 Å². The Morgan fingerprint density at radius 3 is 2.68 bits per heavy atom. The molecule has 1 unspecified atom stereocenters. The average molecular weight is 311 g/mol. The van der Waals surface area contributed by atoms with Gasteiger partial charge in [0.05, 0.1) is 0 Å². The van der Waals surface area contributed by atoms with Gasteiger partial charge in [0, 0.05) is 32.6 Å². The van der Waals surface area contributed by atoms with E-state index in [9.17, 15) is 8.42 Å². The monoisotopic (exact) mass is 310 g/mol. The van der Waals surface area contributed by atoms with Crippen molar-refractivity contribution < 1.29 is 8.42 Å². The molecule has 6 heteroatoms. The molecule has 0 saturated carbocycles. The fourth-order valence-corrected chi connectivity index (χ4v) is 4.23. The molecule has 0 aromatic carbocycles. The van der Waals surface area contributed by atoms with E-state index < -0.39 is 10.2 Å². The lowest BCUT2D eigenvalue weighted by Crippen LogP contribution is -2.42. The third-order valence-corrected chi connectivity index (χ3v) is 6.09. The van der Waals surface area contributed by atoms with Gasteiger partial charge in [0.15, 0.2) is 0 Å². The van der Waals surface area contributed by atoms with E-state index >= 15 is 0 Å². The summed E-state index contributed by atoms with van der Waals surface area (Å²) in [6, 6.07) is 0. The molecule has 1 rings (SSSR count). The van der Waals surface area contributed by atoms with Gasteiger partial charge >= 0.3 is 0 Å². The molecule has 0 aliphatic carbocycles. The number of hydrogen-bond donors (Lipinski definition) is 0. The van der Waals surface area contributed by atoms with Crippen LogP contribution < -0.4 is 0 Å². The summed E-state index contributed by atoms with van der Waals surface area (Å²) < 4.78 is 27.9. The molecule has 1 aliphatic rings. The van der Waals surface area contributed by atoms with Gasteiger partial charge in [0.2, 0.25) is 0 Å². The van der Waals surface area contributed by atoms with Crippen molar-refractivity contribution in [3.8, 4) is 0 Å². The zero-order valence-corrected chi connectivity index (χ0v) is 13.7. The Morgan fingerprint density at radius 1 is 1.32 bits per heavy atom. The molecule has 0 N–H and O–H groups in total. The Labute approximate surface area is 123 Å². The van der Waals surface area contributed by atoms with Gasteiger partial charge in [-0.25, -0.2) is 0 Å². The maximum Gasteiger partial charge on any atom is 0.281 e. The number of halogens is 1. The smallest absolute Gasteiger partial charge is 0.195 e. The van der Waals surface area contributed by atoms with Crippen LogP contribution in [0.3, 0.4) is 0 Å². The van der Waals surface area contributed by atoms with Crippen molar-refractivity contribution in [2.24, 2.45) is 5.92 Å². The number of hydrogen-bond acceptors (Lipinski definition) is 2. The summed E-state index contributed by atoms with van der Waals surface area (Å²) in [7, 11) is -1.64. The van der Waals surface area contributed by atoms with E-state index in [0.717, 1.165) is 19.3 Å². The molecule has 0 amide bonds. The lowest BCUT2D eigenvalue weighted by molar-refractivity contribution is 0.358.